The minimum absolute atomic E-state index is 0.0938. The monoisotopic (exact) mass is 334 g/mol. The molecule has 0 fully saturated rings. The van der Waals surface area contributed by atoms with E-state index in [0.717, 1.165) is 18.2 Å². The second kappa shape index (κ2) is 6.11. The average molecular weight is 334 g/mol. The molecule has 3 aromatic rings. The second-order valence-electron chi connectivity index (χ2n) is 4.66. The van der Waals surface area contributed by atoms with Crippen molar-refractivity contribution in [2.75, 3.05) is 0 Å². The van der Waals surface area contributed by atoms with Gasteiger partial charge in [-0.1, -0.05) is 6.07 Å². The van der Waals surface area contributed by atoms with Crippen LogP contribution >= 0.6 is 0 Å². The van der Waals surface area contributed by atoms with E-state index in [2.05, 4.69) is 15.1 Å². The molecule has 0 aliphatic rings. The molecule has 0 atom stereocenters. The highest BCUT2D eigenvalue weighted by molar-refractivity contribution is 5.90. The molecule has 0 N–H and O–H groups in total. The summed E-state index contributed by atoms with van der Waals surface area (Å²) in [6, 6.07) is 7.03. The van der Waals surface area contributed by atoms with Crippen LogP contribution in [0.4, 0.5) is 13.2 Å². The summed E-state index contributed by atoms with van der Waals surface area (Å²) in [5, 5.41) is 3.88. The summed E-state index contributed by atoms with van der Waals surface area (Å²) in [5.74, 6) is -0.578. The van der Waals surface area contributed by atoms with Gasteiger partial charge in [0.05, 0.1) is 11.1 Å². The summed E-state index contributed by atoms with van der Waals surface area (Å²) in [6.45, 7) is 0. The van der Waals surface area contributed by atoms with Crippen molar-refractivity contribution in [3.8, 4) is 11.6 Å². The first-order chi connectivity index (χ1) is 11.4. The molecule has 0 spiro atoms. The van der Waals surface area contributed by atoms with Crippen LogP contribution in [0.1, 0.15) is 15.9 Å². The van der Waals surface area contributed by atoms with Crippen molar-refractivity contribution in [3.05, 3.63) is 66.4 Å². The van der Waals surface area contributed by atoms with Crippen molar-refractivity contribution < 1.29 is 22.7 Å². The largest absolute Gasteiger partial charge is 0.423 e. The molecule has 0 amide bonds. The molecule has 0 saturated carbocycles. The number of carbonyl (C=O) groups excluding carboxylic acids is 1. The molecule has 0 aliphatic carbocycles. The fourth-order valence-electron chi connectivity index (χ4n) is 1.87. The molecule has 0 radical (unpaired) electrons. The molecule has 9 heteroatoms. The number of carbonyl (C=O) groups is 1. The maximum Gasteiger partial charge on any atom is 0.416 e. The standard InChI is InChI=1S/C15H9F3N4O2/c16-15(17,18)11-2-1-3-12(6-11)24-14(23)10-4-5-13(20-7-10)22-9-19-8-21-22/h1-9H. The summed E-state index contributed by atoms with van der Waals surface area (Å²) in [7, 11) is 0. The van der Waals surface area contributed by atoms with Gasteiger partial charge in [0, 0.05) is 6.20 Å². The quantitative estimate of drug-likeness (QED) is 0.544. The molecule has 2 aromatic heterocycles. The fraction of sp³-hybridized carbons (Fsp3) is 0.0667. The normalized spacial score (nSPS) is 11.3. The Morgan fingerprint density at radius 1 is 1.17 bits per heavy atom. The van der Waals surface area contributed by atoms with Crippen LogP contribution in [0.15, 0.2) is 55.2 Å². The third-order valence-corrected chi connectivity index (χ3v) is 3.01. The van der Waals surface area contributed by atoms with Gasteiger partial charge in [0.1, 0.15) is 18.4 Å². The topological polar surface area (TPSA) is 69.9 Å². The zero-order valence-electron chi connectivity index (χ0n) is 11.9. The van der Waals surface area contributed by atoms with Crippen molar-refractivity contribution in [2.24, 2.45) is 0 Å². The predicted octanol–water partition coefficient (Wildman–Crippen LogP) is 2.90. The van der Waals surface area contributed by atoms with Gasteiger partial charge in [0.25, 0.3) is 0 Å². The number of halogens is 3. The smallest absolute Gasteiger partial charge is 0.416 e. The van der Waals surface area contributed by atoms with E-state index in [9.17, 15) is 18.0 Å². The Morgan fingerprint density at radius 3 is 2.62 bits per heavy atom. The number of hydrogen-bond donors (Lipinski definition) is 0. The fourth-order valence-corrected chi connectivity index (χ4v) is 1.87. The van der Waals surface area contributed by atoms with E-state index in [4.69, 9.17) is 4.74 Å². The van der Waals surface area contributed by atoms with E-state index < -0.39 is 17.7 Å². The van der Waals surface area contributed by atoms with Crippen LogP contribution in [0.25, 0.3) is 5.82 Å². The van der Waals surface area contributed by atoms with Gasteiger partial charge in [-0.3, -0.25) is 0 Å². The third kappa shape index (κ3) is 3.40. The number of rotatable bonds is 3. The highest BCUT2D eigenvalue weighted by atomic mass is 19.4. The zero-order valence-corrected chi connectivity index (χ0v) is 11.9. The lowest BCUT2D eigenvalue weighted by molar-refractivity contribution is -0.137. The van der Waals surface area contributed by atoms with Gasteiger partial charge >= 0.3 is 12.1 Å². The molecular formula is C15H9F3N4O2. The van der Waals surface area contributed by atoms with Crippen LogP contribution in [0.5, 0.6) is 5.75 Å². The van der Waals surface area contributed by atoms with Crippen molar-refractivity contribution in [2.45, 2.75) is 6.18 Å². The number of aromatic nitrogens is 4. The van der Waals surface area contributed by atoms with Gasteiger partial charge in [-0.15, -0.1) is 0 Å². The number of benzene rings is 1. The Morgan fingerprint density at radius 2 is 2.00 bits per heavy atom. The SMILES string of the molecule is O=C(Oc1cccc(C(F)(F)F)c1)c1ccc(-n2cncn2)nc1. The molecule has 0 aliphatic heterocycles. The Bertz CT molecular complexity index is 846. The van der Waals surface area contributed by atoms with E-state index in [-0.39, 0.29) is 11.3 Å². The summed E-state index contributed by atoms with van der Waals surface area (Å²) in [6.07, 6.45) is -0.503. The van der Waals surface area contributed by atoms with E-state index in [1.165, 1.54) is 41.7 Å². The first-order valence-electron chi connectivity index (χ1n) is 6.64. The van der Waals surface area contributed by atoms with Crippen molar-refractivity contribution >= 4 is 5.97 Å². The van der Waals surface area contributed by atoms with Gasteiger partial charge in [-0.05, 0) is 30.3 Å². The van der Waals surface area contributed by atoms with Crippen LogP contribution in [-0.2, 0) is 6.18 Å². The minimum atomic E-state index is -4.51. The zero-order chi connectivity index (χ0) is 17.2. The third-order valence-electron chi connectivity index (χ3n) is 3.01. The maximum absolute atomic E-state index is 12.6. The summed E-state index contributed by atoms with van der Waals surface area (Å²) < 4.78 is 44.3. The lowest BCUT2D eigenvalue weighted by Gasteiger charge is -2.09. The van der Waals surface area contributed by atoms with Crippen LogP contribution < -0.4 is 4.74 Å². The Balaban J connectivity index is 1.76. The van der Waals surface area contributed by atoms with Crippen LogP contribution in [-0.4, -0.2) is 25.7 Å². The molecule has 0 unspecified atom stereocenters. The maximum atomic E-state index is 12.6. The molecule has 0 bridgehead atoms. The Kier molecular flexibility index (Phi) is 3.98. The van der Waals surface area contributed by atoms with Crippen LogP contribution in [0.3, 0.4) is 0 Å². The van der Waals surface area contributed by atoms with Crippen molar-refractivity contribution in [3.63, 3.8) is 0 Å². The van der Waals surface area contributed by atoms with Gasteiger partial charge in [0.2, 0.25) is 0 Å². The Hall–Kier alpha value is -3.23. The Labute approximate surface area is 133 Å². The number of esters is 1. The second-order valence-corrected chi connectivity index (χ2v) is 4.66. The van der Waals surface area contributed by atoms with E-state index in [1.807, 2.05) is 0 Å². The lowest BCUT2D eigenvalue weighted by atomic mass is 10.2. The summed E-state index contributed by atoms with van der Waals surface area (Å²) in [4.78, 5) is 19.8. The van der Waals surface area contributed by atoms with E-state index in [0.29, 0.717) is 5.82 Å². The molecule has 0 saturated heterocycles. The van der Waals surface area contributed by atoms with E-state index in [1.54, 1.807) is 0 Å². The van der Waals surface area contributed by atoms with Gasteiger partial charge < -0.3 is 4.74 Å². The summed E-state index contributed by atoms with van der Waals surface area (Å²) in [5.41, 5.74) is -0.802. The first-order valence-corrected chi connectivity index (χ1v) is 6.64. The molecule has 24 heavy (non-hydrogen) atoms. The summed E-state index contributed by atoms with van der Waals surface area (Å²) >= 11 is 0. The van der Waals surface area contributed by atoms with E-state index >= 15 is 0 Å². The number of alkyl halides is 3. The number of pyridine rings is 1. The predicted molar refractivity (Wildman–Crippen MR) is 75.6 cm³/mol. The van der Waals surface area contributed by atoms with Crippen molar-refractivity contribution in [1.82, 2.24) is 19.7 Å². The van der Waals surface area contributed by atoms with Gasteiger partial charge in [-0.2, -0.15) is 18.3 Å². The highest BCUT2D eigenvalue weighted by Crippen LogP contribution is 2.31. The van der Waals surface area contributed by atoms with Crippen LogP contribution in [0.2, 0.25) is 0 Å². The number of ether oxygens (including phenoxy) is 1. The first kappa shape index (κ1) is 15.7. The molecule has 1 aromatic carbocycles. The lowest BCUT2D eigenvalue weighted by Crippen LogP contribution is -2.11. The van der Waals surface area contributed by atoms with Gasteiger partial charge in [-0.25, -0.2) is 19.4 Å². The average Bonchev–Trinajstić information content (AvgIpc) is 3.09. The molecular weight excluding hydrogens is 325 g/mol. The molecule has 3 rings (SSSR count). The minimum Gasteiger partial charge on any atom is -0.423 e. The number of nitrogens with zero attached hydrogens (tertiary/aromatic N) is 4. The molecule has 122 valence electrons. The number of hydrogen-bond acceptors (Lipinski definition) is 5. The molecule has 6 nitrogen and oxygen atoms in total. The van der Waals surface area contributed by atoms with Gasteiger partial charge in [0.15, 0.2) is 5.82 Å². The highest BCUT2D eigenvalue weighted by Gasteiger charge is 2.30. The van der Waals surface area contributed by atoms with Crippen LogP contribution in [0, 0.1) is 0 Å². The molecule has 2 heterocycles. The van der Waals surface area contributed by atoms with Crippen molar-refractivity contribution in [1.29, 1.82) is 0 Å².